The highest BCUT2D eigenvalue weighted by molar-refractivity contribution is 6.08. The van der Waals surface area contributed by atoms with Crippen molar-refractivity contribution in [2.45, 2.75) is 13.2 Å². The fourth-order valence-electron chi connectivity index (χ4n) is 0. The topological polar surface area (TPSA) is 66.2 Å². The third kappa shape index (κ3) is 92600. The highest BCUT2D eigenvalue weighted by Crippen LogP contribution is 1.49. The molecule has 9 heavy (non-hydrogen) atoms. The molecule has 0 saturated heterocycles. The van der Waals surface area contributed by atoms with Crippen molar-refractivity contribution in [3.05, 3.63) is 0 Å². The highest BCUT2D eigenvalue weighted by Gasteiger charge is 1.58. The molecule has 0 aromatic carbocycles. The largest absolute Gasteiger partial charge is 0.412 e. The smallest absolute Gasteiger partial charge is 0.101 e. The van der Waals surface area contributed by atoms with Gasteiger partial charge in [-0.1, -0.05) is 13.2 Å². The van der Waals surface area contributed by atoms with Crippen LogP contribution < -0.4 is 0 Å². The van der Waals surface area contributed by atoms with E-state index in [0.717, 1.165) is 0 Å². The molecule has 0 saturated carbocycles. The summed E-state index contributed by atoms with van der Waals surface area (Å²) in [5, 5.41) is 0. The monoisotopic (exact) mass is 137 g/mol. The van der Waals surface area contributed by atoms with Crippen LogP contribution >= 0.6 is 0 Å². The lowest BCUT2D eigenvalue weighted by atomic mass is 10.1. The number of nitrogens with zero attached hydrogens (tertiary/aromatic N) is 1. The Balaban J connectivity index is -0.0000000233. The summed E-state index contributed by atoms with van der Waals surface area (Å²) >= 11 is 0. The van der Waals surface area contributed by atoms with Crippen LogP contribution in [0.1, 0.15) is 6.92 Å². The van der Waals surface area contributed by atoms with Crippen molar-refractivity contribution in [2.24, 2.45) is 0 Å². The van der Waals surface area contributed by atoms with Gasteiger partial charge < -0.3 is 15.9 Å². The molecule has 0 aliphatic rings. The molecule has 0 radical (unpaired) electrons. The maximum atomic E-state index is 2.12. The van der Waals surface area contributed by atoms with Crippen molar-refractivity contribution >= 4 is 7.85 Å². The van der Waals surface area contributed by atoms with Crippen LogP contribution in [0.15, 0.2) is 0 Å². The highest BCUT2D eigenvalue weighted by atomic mass is 16.0. The van der Waals surface area contributed by atoms with Gasteiger partial charge in [-0.15, -0.1) is 0 Å². The Morgan fingerprint density at radius 3 is 1.11 bits per heavy atom. The minimum atomic E-state index is 0. The molecule has 0 aliphatic heterocycles. The number of hydrogen-bond acceptors (Lipinski definition) is 1. The molecule has 4 N–H and O–H groups in total. The molecule has 0 aliphatic carbocycles. The Morgan fingerprint density at radius 2 is 1.11 bits per heavy atom. The fraction of sp³-hybridized carbons (Fsp3) is 1.00. The standard InChI is InChI=1S/C3H9N.C2H7B.2H2O/c1-4(2)3;1-2-3;;/h1-3H3;2-3H2,1H3;2*1H2. The molecule has 0 atom stereocenters. The number of rotatable bonds is 0. The lowest BCUT2D eigenvalue weighted by Crippen LogP contribution is -1.99. The van der Waals surface area contributed by atoms with E-state index in [1.165, 1.54) is 6.32 Å². The summed E-state index contributed by atoms with van der Waals surface area (Å²) < 4.78 is 0. The molecule has 0 unspecified atom stereocenters. The summed E-state index contributed by atoms with van der Waals surface area (Å²) in [7, 11) is 8.12. The van der Waals surface area contributed by atoms with Crippen LogP contribution in [0.3, 0.4) is 0 Å². The summed E-state index contributed by atoms with van der Waals surface area (Å²) in [6.45, 7) is 2.12. The van der Waals surface area contributed by atoms with Crippen molar-refractivity contribution in [1.82, 2.24) is 4.90 Å². The first-order chi connectivity index (χ1) is 3.15. The summed E-state index contributed by atoms with van der Waals surface area (Å²) in [6, 6.07) is 0. The van der Waals surface area contributed by atoms with Crippen molar-refractivity contribution in [3.63, 3.8) is 0 Å². The first kappa shape index (κ1) is 23.1. The average molecular weight is 137 g/mol. The van der Waals surface area contributed by atoms with E-state index in [0.29, 0.717) is 0 Å². The Kier molecular flexibility index (Phi) is 63.2. The van der Waals surface area contributed by atoms with Gasteiger partial charge in [-0.3, -0.25) is 0 Å². The zero-order valence-electron chi connectivity index (χ0n) is 7.15. The van der Waals surface area contributed by atoms with E-state index >= 15 is 0 Å². The molecule has 60 valence electrons. The SMILES string of the molecule is BCC.CN(C)C.O.O. The molecule has 0 rings (SSSR count). The Hall–Kier alpha value is -0.0551. The minimum absolute atomic E-state index is 0. The lowest BCUT2D eigenvalue weighted by Gasteiger charge is -1.90. The Bertz CT molecular complexity index is 26.2. The van der Waals surface area contributed by atoms with Crippen LogP contribution in [0.4, 0.5) is 0 Å². The molecule has 0 spiro atoms. The van der Waals surface area contributed by atoms with E-state index in [1.807, 2.05) is 26.0 Å². The zero-order valence-corrected chi connectivity index (χ0v) is 7.15. The maximum Gasteiger partial charge on any atom is 0.101 e. The van der Waals surface area contributed by atoms with E-state index in [4.69, 9.17) is 0 Å². The van der Waals surface area contributed by atoms with Crippen LogP contribution in [0, 0.1) is 0 Å². The van der Waals surface area contributed by atoms with Crippen molar-refractivity contribution in [2.75, 3.05) is 21.1 Å². The summed E-state index contributed by atoms with van der Waals surface area (Å²) in [5.74, 6) is 0. The predicted molar refractivity (Wildman–Crippen MR) is 45.9 cm³/mol. The second kappa shape index (κ2) is 24.6. The van der Waals surface area contributed by atoms with Crippen LogP contribution in [0.5, 0.6) is 0 Å². The van der Waals surface area contributed by atoms with Gasteiger partial charge in [0.15, 0.2) is 0 Å². The molecule has 0 aromatic rings. The molecule has 0 heterocycles. The summed E-state index contributed by atoms with van der Waals surface area (Å²) in [4.78, 5) is 2.00. The van der Waals surface area contributed by atoms with Crippen LogP contribution in [0.25, 0.3) is 0 Å². The van der Waals surface area contributed by atoms with Gasteiger partial charge in [0.05, 0.1) is 0 Å². The van der Waals surface area contributed by atoms with Crippen molar-refractivity contribution in [3.8, 4) is 0 Å². The normalized spacial score (nSPS) is 5.89. The van der Waals surface area contributed by atoms with Gasteiger partial charge in [-0.25, -0.2) is 0 Å². The van der Waals surface area contributed by atoms with Gasteiger partial charge in [0.1, 0.15) is 7.85 Å². The molecule has 0 aromatic heterocycles. The molecule has 4 heteroatoms. The Labute approximate surface area is 59.1 Å². The average Bonchev–Trinajstić information content (AvgIpc) is 1.33. The van der Waals surface area contributed by atoms with Crippen molar-refractivity contribution < 1.29 is 11.0 Å². The Morgan fingerprint density at radius 1 is 1.11 bits per heavy atom. The lowest BCUT2D eigenvalue weighted by molar-refractivity contribution is 0.505. The minimum Gasteiger partial charge on any atom is -0.412 e. The molecule has 0 amide bonds. The van der Waals surface area contributed by atoms with Gasteiger partial charge in [0, 0.05) is 0 Å². The molecule has 0 bridgehead atoms. The second-order valence-corrected chi connectivity index (χ2v) is 2.05. The van der Waals surface area contributed by atoms with E-state index in [9.17, 15) is 0 Å². The van der Waals surface area contributed by atoms with E-state index < -0.39 is 0 Å². The van der Waals surface area contributed by atoms with Gasteiger partial charge in [-0.2, -0.15) is 0 Å². The molecule has 3 nitrogen and oxygen atoms in total. The fourth-order valence-corrected chi connectivity index (χ4v) is 0. The predicted octanol–water partition coefficient (Wildman–Crippen LogP) is -1.41. The summed E-state index contributed by atoms with van der Waals surface area (Å²) in [5.41, 5.74) is 0. The summed E-state index contributed by atoms with van der Waals surface area (Å²) in [6.07, 6.45) is 1.25. The van der Waals surface area contributed by atoms with Gasteiger partial charge in [0.2, 0.25) is 0 Å². The maximum absolute atomic E-state index is 2.12. The van der Waals surface area contributed by atoms with E-state index in [-0.39, 0.29) is 11.0 Å². The van der Waals surface area contributed by atoms with Crippen LogP contribution in [-0.2, 0) is 0 Å². The van der Waals surface area contributed by atoms with Gasteiger partial charge >= 0.3 is 0 Å². The van der Waals surface area contributed by atoms with Crippen molar-refractivity contribution in [1.29, 1.82) is 0 Å². The second-order valence-electron chi connectivity index (χ2n) is 2.05. The third-order valence-corrected chi connectivity index (χ3v) is 0. The first-order valence-corrected chi connectivity index (χ1v) is 2.76. The van der Waals surface area contributed by atoms with E-state index in [1.54, 1.807) is 0 Å². The first-order valence-electron chi connectivity index (χ1n) is 2.76. The molecular weight excluding hydrogens is 117 g/mol. The quantitative estimate of drug-likeness (QED) is 0.378. The van der Waals surface area contributed by atoms with Crippen LogP contribution in [0.2, 0.25) is 6.32 Å². The van der Waals surface area contributed by atoms with Gasteiger partial charge in [0.25, 0.3) is 0 Å². The number of hydrogen-bond donors (Lipinski definition) is 0. The van der Waals surface area contributed by atoms with Crippen LogP contribution in [-0.4, -0.2) is 44.8 Å². The molecular formula is C5H20BNO2. The third-order valence-electron chi connectivity index (χ3n) is 0. The molecule has 0 fully saturated rings. The van der Waals surface area contributed by atoms with Gasteiger partial charge in [-0.05, 0) is 21.1 Å². The zero-order chi connectivity index (χ0) is 6.28. The van der Waals surface area contributed by atoms with E-state index in [2.05, 4.69) is 14.8 Å².